The molecule has 0 atom stereocenters. The van der Waals surface area contributed by atoms with Gasteiger partial charge >= 0.3 is 0 Å². The first-order chi connectivity index (χ1) is 50.2. The second-order valence-corrected chi connectivity index (χ2v) is 25.0. The van der Waals surface area contributed by atoms with Gasteiger partial charge in [0.05, 0.1) is 22.8 Å². The molecule has 8 nitrogen and oxygen atoms in total. The third-order valence-corrected chi connectivity index (χ3v) is 18.4. The van der Waals surface area contributed by atoms with Crippen LogP contribution in [0, 0.1) is 52.0 Å². The summed E-state index contributed by atoms with van der Waals surface area (Å²) in [6.45, 7) is 8.47. The summed E-state index contributed by atoms with van der Waals surface area (Å²) in [4.78, 5) is 36.0. The molecule has 0 aliphatic heterocycles. The van der Waals surface area contributed by atoms with Crippen molar-refractivity contribution in [2.45, 2.75) is 27.7 Å². The molecule has 0 bridgehead atoms. The molecule has 4 radical (unpaired) electrons. The van der Waals surface area contributed by atoms with E-state index in [1.54, 1.807) is 25.3 Å². The predicted octanol–water partition coefficient (Wildman–Crippen LogP) is 23.1. The molecule has 0 fully saturated rings. The summed E-state index contributed by atoms with van der Waals surface area (Å²) in [5, 5.41) is 11.9. The molecule has 0 aliphatic carbocycles. The average Bonchev–Trinajstić information content (AvgIpc) is 0.801. The third kappa shape index (κ3) is 17.3. The fourth-order valence-corrected chi connectivity index (χ4v) is 13.2. The van der Waals surface area contributed by atoms with Crippen LogP contribution in [0.15, 0.2) is 329 Å². The molecule has 0 saturated heterocycles. The van der Waals surface area contributed by atoms with Crippen LogP contribution in [0.25, 0.3) is 155 Å². The zero-order valence-electron chi connectivity index (χ0n) is 58.1. The normalized spacial score (nSPS) is 10.5. The fourth-order valence-electron chi connectivity index (χ4n) is 13.2. The molecule has 0 spiro atoms. The molecule has 4 heterocycles. The van der Waals surface area contributed by atoms with Gasteiger partial charge in [0.15, 0.2) is 0 Å². The topological polar surface area (TPSA) is 103 Å². The number of benzene rings is 14. The Labute approximate surface area is 672 Å². The van der Waals surface area contributed by atoms with E-state index in [-0.39, 0.29) is 80.4 Å². The summed E-state index contributed by atoms with van der Waals surface area (Å²) < 4.78 is 0. The van der Waals surface area contributed by atoms with Gasteiger partial charge in [-0.25, -0.2) is 19.9 Å². The van der Waals surface area contributed by atoms with Gasteiger partial charge < -0.3 is 0 Å². The van der Waals surface area contributed by atoms with Crippen LogP contribution >= 0.6 is 0 Å². The van der Waals surface area contributed by atoms with Crippen molar-refractivity contribution in [1.29, 1.82) is 0 Å². The second kappa shape index (κ2) is 35.9. The van der Waals surface area contributed by atoms with Gasteiger partial charge in [0.2, 0.25) is 0 Å². The average molecular weight is 2080 g/mol. The van der Waals surface area contributed by atoms with Crippen molar-refractivity contribution in [3.63, 3.8) is 0 Å². The summed E-state index contributed by atoms with van der Waals surface area (Å²) in [6, 6.07) is 117. The molecule has 0 N–H and O–H groups in total. The van der Waals surface area contributed by atoms with Gasteiger partial charge in [-0.3, -0.25) is 19.9 Å². The van der Waals surface area contributed by atoms with Crippen LogP contribution in [0.5, 0.6) is 0 Å². The molecule has 0 amide bonds. The SMILES string of the molecule is Cc1cccc(C)c1-c1cc(-c2[c-]cc(-c3ccccc3)cc2)ncn1.Cc1cccc(C)c1-c1cc(-c2[c-]ccc3ccccc23)ncn1.[Ir].[Ir].[Ir].[Ir].[c-]1cc2ccccc2cc1-c1cc(-c2ccc3ccccc3c2)ncn1.[c-]1ccc2ccccc2c1-c1cc(-c2cccc3ccccc23)ncn1. The van der Waals surface area contributed by atoms with Crippen LogP contribution in [0.2, 0.25) is 0 Å². The van der Waals surface area contributed by atoms with E-state index < -0.39 is 0 Å². The van der Waals surface area contributed by atoms with E-state index in [0.717, 1.165) is 95.3 Å². The summed E-state index contributed by atoms with van der Waals surface area (Å²) in [5.74, 6) is 0. The van der Waals surface area contributed by atoms with Crippen LogP contribution in [0.1, 0.15) is 22.3 Å². The Morgan fingerprint density at radius 2 is 0.623 bits per heavy atom. The first-order valence-electron chi connectivity index (χ1n) is 33.9. The number of fused-ring (bicyclic) bond motifs is 5. The molecular formula is C94H66Ir4N8-4. The summed E-state index contributed by atoms with van der Waals surface area (Å²) in [7, 11) is 0. The molecule has 12 heteroatoms. The summed E-state index contributed by atoms with van der Waals surface area (Å²) in [5.41, 5.74) is 23.1. The smallest absolute Gasteiger partial charge is 0.106 e. The Balaban J connectivity index is 0.000000139. The zero-order chi connectivity index (χ0) is 69.1. The fraction of sp³-hybridized carbons (Fsp3) is 0.0426. The molecule has 0 aliphatic rings. The van der Waals surface area contributed by atoms with Crippen LogP contribution in [-0.2, 0) is 80.4 Å². The quantitative estimate of drug-likeness (QED) is 0.132. The van der Waals surface area contributed by atoms with Gasteiger partial charge in [-0.2, -0.15) is 0 Å². The minimum absolute atomic E-state index is 0. The van der Waals surface area contributed by atoms with Gasteiger partial charge in [-0.05, 0) is 100 Å². The van der Waals surface area contributed by atoms with E-state index in [2.05, 4.69) is 304 Å². The first kappa shape index (κ1) is 76.4. The van der Waals surface area contributed by atoms with E-state index in [0.29, 0.717) is 0 Å². The molecule has 18 aromatic rings. The van der Waals surface area contributed by atoms with E-state index in [1.165, 1.54) is 82.0 Å². The molecule has 0 saturated carbocycles. The Morgan fingerprint density at radius 3 is 1.19 bits per heavy atom. The number of aromatic nitrogens is 8. The third-order valence-electron chi connectivity index (χ3n) is 18.4. The maximum absolute atomic E-state index is 4.54. The van der Waals surface area contributed by atoms with Crippen LogP contribution in [-0.4, -0.2) is 39.9 Å². The van der Waals surface area contributed by atoms with Crippen LogP contribution in [0.4, 0.5) is 0 Å². The van der Waals surface area contributed by atoms with E-state index in [1.807, 2.05) is 91.0 Å². The summed E-state index contributed by atoms with van der Waals surface area (Å²) >= 11 is 0. The van der Waals surface area contributed by atoms with Crippen LogP contribution < -0.4 is 0 Å². The van der Waals surface area contributed by atoms with Gasteiger partial charge in [0, 0.05) is 103 Å². The van der Waals surface area contributed by atoms with Gasteiger partial charge in [-0.1, -0.05) is 270 Å². The van der Waals surface area contributed by atoms with Crippen molar-refractivity contribution in [1.82, 2.24) is 39.9 Å². The minimum Gasteiger partial charge on any atom is -0.286 e. The number of rotatable bonds is 9. The summed E-state index contributed by atoms with van der Waals surface area (Å²) in [6.07, 6.45) is 6.55. The Kier molecular flexibility index (Phi) is 25.9. The van der Waals surface area contributed by atoms with Crippen molar-refractivity contribution in [2.24, 2.45) is 0 Å². The van der Waals surface area contributed by atoms with Crippen LogP contribution in [0.3, 0.4) is 0 Å². The van der Waals surface area contributed by atoms with Crippen molar-refractivity contribution in [2.75, 3.05) is 0 Å². The van der Waals surface area contributed by atoms with Crippen molar-refractivity contribution >= 4 is 53.9 Å². The van der Waals surface area contributed by atoms with E-state index >= 15 is 0 Å². The number of hydrogen-bond donors (Lipinski definition) is 0. The van der Waals surface area contributed by atoms with E-state index in [4.69, 9.17) is 0 Å². The molecular weight excluding hydrogens is 2010 g/mol. The van der Waals surface area contributed by atoms with Gasteiger partial charge in [0.1, 0.15) is 25.3 Å². The maximum atomic E-state index is 4.54. The first-order valence-corrected chi connectivity index (χ1v) is 33.9. The van der Waals surface area contributed by atoms with Crippen molar-refractivity contribution < 1.29 is 80.4 Å². The molecule has 106 heavy (non-hydrogen) atoms. The Morgan fingerprint density at radius 1 is 0.226 bits per heavy atom. The van der Waals surface area contributed by atoms with E-state index in [9.17, 15) is 0 Å². The zero-order valence-corrected chi connectivity index (χ0v) is 67.7. The molecule has 0 unspecified atom stereocenters. The number of nitrogens with zero attached hydrogens (tertiary/aromatic N) is 8. The van der Waals surface area contributed by atoms with Gasteiger partial charge in [0.25, 0.3) is 0 Å². The van der Waals surface area contributed by atoms with Gasteiger partial charge in [-0.15, -0.1) is 117 Å². The maximum Gasteiger partial charge on any atom is 0.106 e. The Hall–Kier alpha value is -10.7. The molecule has 14 aromatic carbocycles. The minimum atomic E-state index is 0. The molecule has 4 aromatic heterocycles. The van der Waals surface area contributed by atoms with Crippen molar-refractivity contribution in [3.8, 4) is 101 Å². The molecule has 522 valence electrons. The largest absolute Gasteiger partial charge is 0.286 e. The monoisotopic (exact) mass is 2080 g/mol. The number of hydrogen-bond acceptors (Lipinski definition) is 8. The molecule has 18 rings (SSSR count). The Bertz CT molecular complexity index is 5810. The van der Waals surface area contributed by atoms with Crippen molar-refractivity contribution in [3.05, 3.63) is 375 Å². The second-order valence-electron chi connectivity index (χ2n) is 25.0. The predicted molar refractivity (Wildman–Crippen MR) is 419 cm³/mol. The standard InChI is InChI=1S/2C24H15N2.C24H19N2.C22H17N2.4Ir/c1-3-11-19-17(7-1)9-5-13-21(19)23-15-24(26-16-25-23)22-14-6-10-18-8-2-4-12-20(18)22;1-3-7-19-13-21(11-9-17(19)5-1)23-15-24(26-16-25-23)22-12-10-18-6-2-4-8-20(18)14-22;1-17-7-6-8-18(2)24(17)23-15-22(25-16-26-23)21-13-11-20(12-14-21)19-9-4-3-5-10-19;1-15-7-5-8-16(2)22(15)21-13-20(23-14-24-21)19-12-6-10-17-9-3-4-11-18(17)19;;;;/h1-13,15-16H;1-11,13-16H;3-13,15-16H,1-2H3;3-11,13-14H,1-2H3;;;;/q4*-1;;;;. The number of aryl methyl sites for hydroxylation is 4.